The van der Waals surface area contributed by atoms with E-state index in [4.69, 9.17) is 16.6 Å². The van der Waals surface area contributed by atoms with E-state index < -0.39 is 0 Å². The number of hydrogen-bond donors (Lipinski definition) is 0. The molecule has 1 aromatic carbocycles. The molecule has 0 radical (unpaired) electrons. The van der Waals surface area contributed by atoms with Crippen LogP contribution in [-0.4, -0.2) is 21.7 Å². The second-order valence-corrected chi connectivity index (χ2v) is 7.38. The number of nitrogens with zero attached hydrogens (tertiary/aromatic N) is 1. The average Bonchev–Trinajstić information content (AvgIpc) is 3.09. The number of hydrogen-bond acceptors (Lipinski definition) is 4. The molecule has 0 bridgehead atoms. The van der Waals surface area contributed by atoms with Crippen molar-refractivity contribution in [2.75, 3.05) is 6.54 Å². The molecule has 0 N–H and O–H groups in total. The highest BCUT2D eigenvalue weighted by Gasteiger charge is 2.31. The highest BCUT2D eigenvalue weighted by atomic mass is 79.9. The Morgan fingerprint density at radius 2 is 2.00 bits per heavy atom. The zero-order chi connectivity index (χ0) is 16.4. The minimum atomic E-state index is -0.110. The number of carbonyl (C=O) groups is 1. The van der Waals surface area contributed by atoms with Gasteiger partial charge in [0.25, 0.3) is 5.91 Å². The molecule has 0 aliphatic carbocycles. The van der Waals surface area contributed by atoms with Gasteiger partial charge in [-0.2, -0.15) is 0 Å². The Labute approximate surface area is 152 Å². The number of amides is 1. The monoisotopic (exact) mass is 405 g/mol. The molecule has 1 aliphatic rings. The van der Waals surface area contributed by atoms with Crippen molar-refractivity contribution in [2.45, 2.75) is 0 Å². The van der Waals surface area contributed by atoms with E-state index in [1.807, 2.05) is 36.4 Å². The Kier molecular flexibility index (Phi) is 4.84. The van der Waals surface area contributed by atoms with Crippen molar-refractivity contribution >= 4 is 56.2 Å². The van der Waals surface area contributed by atoms with Crippen LogP contribution in [0.25, 0.3) is 17.4 Å². The Bertz CT molecular complexity index is 808. The summed E-state index contributed by atoms with van der Waals surface area (Å²) in [6, 6.07) is 11.6. The lowest BCUT2D eigenvalue weighted by Gasteiger charge is -2.10. The molecular formula is C17H12BrNO2S2. The quantitative estimate of drug-likeness (QED) is 0.402. The fourth-order valence-electron chi connectivity index (χ4n) is 2.12. The van der Waals surface area contributed by atoms with Gasteiger partial charge in [0.2, 0.25) is 0 Å². The molecule has 2 heterocycles. The summed E-state index contributed by atoms with van der Waals surface area (Å²) in [6.07, 6.45) is 3.39. The second kappa shape index (κ2) is 6.86. The molecule has 2 aromatic rings. The summed E-state index contributed by atoms with van der Waals surface area (Å²) in [6.45, 7) is 4.06. The second-order valence-electron chi connectivity index (χ2n) is 4.79. The fourth-order valence-corrected chi connectivity index (χ4v) is 3.63. The number of benzene rings is 1. The third-order valence-corrected chi connectivity index (χ3v) is 5.12. The van der Waals surface area contributed by atoms with Crippen molar-refractivity contribution < 1.29 is 9.21 Å². The number of halogens is 1. The Morgan fingerprint density at radius 3 is 2.70 bits per heavy atom. The topological polar surface area (TPSA) is 33.5 Å². The summed E-state index contributed by atoms with van der Waals surface area (Å²) < 4.78 is 7.37. The maximum Gasteiger partial charge on any atom is 0.266 e. The maximum absolute atomic E-state index is 12.3. The Morgan fingerprint density at radius 1 is 1.26 bits per heavy atom. The van der Waals surface area contributed by atoms with Crippen LogP contribution in [0.15, 0.2) is 62.8 Å². The standard InChI is InChI=1S/C17H12BrNO2S2/c1-2-9-19-16(20)15(23-17(19)22)10-13-7-8-14(21-13)11-3-5-12(18)6-4-11/h2-8,10H,1,9H2/b15-10-. The first-order valence-electron chi connectivity index (χ1n) is 6.80. The Balaban J connectivity index is 1.84. The van der Waals surface area contributed by atoms with Crippen LogP contribution in [0.5, 0.6) is 0 Å². The van der Waals surface area contributed by atoms with Gasteiger partial charge in [-0.15, -0.1) is 6.58 Å². The molecule has 1 fully saturated rings. The minimum Gasteiger partial charge on any atom is -0.457 e. The lowest BCUT2D eigenvalue weighted by molar-refractivity contribution is -0.121. The molecule has 1 saturated heterocycles. The molecular weight excluding hydrogens is 394 g/mol. The minimum absolute atomic E-state index is 0.110. The predicted molar refractivity (Wildman–Crippen MR) is 102 cm³/mol. The summed E-state index contributed by atoms with van der Waals surface area (Å²) in [4.78, 5) is 14.4. The van der Waals surface area contributed by atoms with Crippen molar-refractivity contribution in [1.82, 2.24) is 4.90 Å². The van der Waals surface area contributed by atoms with Gasteiger partial charge in [-0.1, -0.05) is 58.1 Å². The molecule has 23 heavy (non-hydrogen) atoms. The highest BCUT2D eigenvalue weighted by molar-refractivity contribution is 9.10. The first kappa shape index (κ1) is 16.2. The first-order valence-corrected chi connectivity index (χ1v) is 8.82. The predicted octanol–water partition coefficient (Wildman–Crippen LogP) is 5.10. The number of thiocarbonyl (C=S) groups is 1. The average molecular weight is 406 g/mol. The van der Waals surface area contributed by atoms with Crippen molar-refractivity contribution in [2.24, 2.45) is 0 Å². The first-order chi connectivity index (χ1) is 11.1. The summed E-state index contributed by atoms with van der Waals surface area (Å²) in [5, 5.41) is 0. The summed E-state index contributed by atoms with van der Waals surface area (Å²) in [7, 11) is 0. The van der Waals surface area contributed by atoms with E-state index in [0.717, 1.165) is 15.8 Å². The molecule has 1 amide bonds. The van der Waals surface area contributed by atoms with E-state index in [1.165, 1.54) is 16.7 Å². The van der Waals surface area contributed by atoms with Gasteiger partial charge in [-0.05, 0) is 24.3 Å². The van der Waals surface area contributed by atoms with E-state index >= 15 is 0 Å². The van der Waals surface area contributed by atoms with Gasteiger partial charge in [0, 0.05) is 22.7 Å². The number of furan rings is 1. The zero-order valence-electron chi connectivity index (χ0n) is 12.0. The molecule has 1 aromatic heterocycles. The summed E-state index contributed by atoms with van der Waals surface area (Å²) in [5.41, 5.74) is 0.979. The van der Waals surface area contributed by atoms with Crippen LogP contribution in [0.1, 0.15) is 5.76 Å². The van der Waals surface area contributed by atoms with Crippen molar-refractivity contribution in [3.05, 3.63) is 64.2 Å². The molecule has 0 spiro atoms. The number of rotatable bonds is 4. The molecule has 116 valence electrons. The van der Waals surface area contributed by atoms with Crippen LogP contribution in [0.3, 0.4) is 0 Å². The largest absolute Gasteiger partial charge is 0.457 e. The van der Waals surface area contributed by atoms with Gasteiger partial charge in [0.05, 0.1) is 4.91 Å². The summed E-state index contributed by atoms with van der Waals surface area (Å²) >= 11 is 9.90. The molecule has 0 saturated carbocycles. The molecule has 0 unspecified atom stereocenters. The highest BCUT2D eigenvalue weighted by Crippen LogP contribution is 2.33. The fraction of sp³-hybridized carbons (Fsp3) is 0.0588. The van der Waals surface area contributed by atoms with Crippen LogP contribution in [0.4, 0.5) is 0 Å². The molecule has 3 nitrogen and oxygen atoms in total. The smallest absolute Gasteiger partial charge is 0.266 e. The van der Waals surface area contributed by atoms with Gasteiger partial charge >= 0.3 is 0 Å². The molecule has 1 aliphatic heterocycles. The lowest BCUT2D eigenvalue weighted by atomic mass is 10.2. The van der Waals surface area contributed by atoms with Crippen LogP contribution in [-0.2, 0) is 4.79 Å². The third-order valence-electron chi connectivity index (χ3n) is 3.21. The summed E-state index contributed by atoms with van der Waals surface area (Å²) in [5.74, 6) is 1.27. The number of thioether (sulfide) groups is 1. The van der Waals surface area contributed by atoms with Gasteiger partial charge in [-0.25, -0.2) is 0 Å². The SMILES string of the molecule is C=CCN1C(=O)/C(=C/c2ccc(-c3ccc(Br)cc3)o2)SC1=S. The molecule has 3 rings (SSSR count). The van der Waals surface area contributed by atoms with Gasteiger partial charge in [0.15, 0.2) is 0 Å². The van der Waals surface area contributed by atoms with Crippen LogP contribution in [0.2, 0.25) is 0 Å². The van der Waals surface area contributed by atoms with Crippen LogP contribution >= 0.6 is 39.9 Å². The maximum atomic E-state index is 12.3. The molecule has 6 heteroatoms. The van der Waals surface area contributed by atoms with E-state index in [-0.39, 0.29) is 5.91 Å². The number of carbonyl (C=O) groups excluding carboxylic acids is 1. The third kappa shape index (κ3) is 3.49. The zero-order valence-corrected chi connectivity index (χ0v) is 15.2. The van der Waals surface area contributed by atoms with E-state index in [2.05, 4.69) is 22.5 Å². The normalized spacial score (nSPS) is 16.4. The van der Waals surface area contributed by atoms with Crippen LogP contribution in [0, 0.1) is 0 Å². The van der Waals surface area contributed by atoms with Gasteiger partial charge in [0.1, 0.15) is 15.8 Å². The van der Waals surface area contributed by atoms with E-state index in [1.54, 1.807) is 12.2 Å². The molecule has 0 atom stereocenters. The van der Waals surface area contributed by atoms with Crippen LogP contribution < -0.4 is 0 Å². The van der Waals surface area contributed by atoms with Crippen molar-refractivity contribution in [3.8, 4) is 11.3 Å². The van der Waals surface area contributed by atoms with Gasteiger partial charge in [-0.3, -0.25) is 9.69 Å². The Hall–Kier alpha value is -1.63. The van der Waals surface area contributed by atoms with E-state index in [9.17, 15) is 4.79 Å². The van der Waals surface area contributed by atoms with Crippen molar-refractivity contribution in [3.63, 3.8) is 0 Å². The van der Waals surface area contributed by atoms with Gasteiger partial charge < -0.3 is 4.42 Å². The lowest BCUT2D eigenvalue weighted by Crippen LogP contribution is -2.27. The van der Waals surface area contributed by atoms with Crippen molar-refractivity contribution in [1.29, 1.82) is 0 Å². The van der Waals surface area contributed by atoms with E-state index in [0.29, 0.717) is 21.5 Å².